The van der Waals surface area contributed by atoms with E-state index in [4.69, 9.17) is 4.74 Å². The molecule has 1 aliphatic carbocycles. The molecule has 1 aliphatic rings. The number of ether oxygens (including phenoxy) is 1. The molecule has 1 fully saturated rings. The van der Waals surface area contributed by atoms with Crippen LogP contribution in [0.25, 0.3) is 22.3 Å². The molecule has 46 heavy (non-hydrogen) atoms. The highest BCUT2D eigenvalue weighted by Gasteiger charge is 2.33. The first kappa shape index (κ1) is 33.6. The van der Waals surface area contributed by atoms with Crippen molar-refractivity contribution in [2.75, 3.05) is 0 Å². The number of halogens is 7. The monoisotopic (exact) mass is 642 g/mol. The number of unbranched alkanes of at least 4 members (excludes halogenated alkanes) is 2. The minimum absolute atomic E-state index is 0.0625. The summed E-state index contributed by atoms with van der Waals surface area (Å²) in [7, 11) is 0. The van der Waals surface area contributed by atoms with E-state index in [-0.39, 0.29) is 28.4 Å². The van der Waals surface area contributed by atoms with Gasteiger partial charge in [-0.2, -0.15) is 8.78 Å². The zero-order valence-corrected chi connectivity index (χ0v) is 25.7. The van der Waals surface area contributed by atoms with Crippen molar-refractivity contribution in [3.8, 4) is 28.0 Å². The molecule has 244 valence electrons. The number of rotatable bonds is 12. The fraction of sp³-hybridized carbons (Fsp3) is 0.368. The van der Waals surface area contributed by atoms with E-state index in [1.807, 2.05) is 0 Å². The Kier molecular flexibility index (Phi) is 10.7. The van der Waals surface area contributed by atoms with Crippen molar-refractivity contribution >= 4 is 0 Å². The lowest BCUT2D eigenvalue weighted by molar-refractivity contribution is -0.180. The molecule has 5 rings (SSSR count). The molecule has 0 aliphatic heterocycles. The summed E-state index contributed by atoms with van der Waals surface area (Å²) in [6.07, 6.45) is 3.41. The Morgan fingerprint density at radius 3 is 2.02 bits per heavy atom. The van der Waals surface area contributed by atoms with Crippen LogP contribution in [0.15, 0.2) is 72.8 Å². The molecule has 0 atom stereocenters. The number of hydrogen-bond donors (Lipinski definition) is 0. The van der Waals surface area contributed by atoms with Gasteiger partial charge in [-0.05, 0) is 102 Å². The van der Waals surface area contributed by atoms with Gasteiger partial charge in [0.1, 0.15) is 11.6 Å². The van der Waals surface area contributed by atoms with Gasteiger partial charge in [-0.1, -0.05) is 75.1 Å². The summed E-state index contributed by atoms with van der Waals surface area (Å²) in [6.45, 7) is 2.17. The topological polar surface area (TPSA) is 9.23 Å². The molecule has 1 saturated carbocycles. The largest absolute Gasteiger partial charge is 0.433 e. The SMILES string of the molecule is CCCCCC1CCC(c2ccc(CCC(F)(F)Oc3ccc(-c4ccc(-c5ccc(F)c(F)c5)c(F)c4)cc3)c(F)c2F)CC1. The Morgan fingerprint density at radius 2 is 1.35 bits per heavy atom. The van der Waals surface area contributed by atoms with E-state index in [0.717, 1.165) is 37.8 Å². The van der Waals surface area contributed by atoms with Crippen molar-refractivity contribution in [3.63, 3.8) is 0 Å². The minimum Gasteiger partial charge on any atom is -0.433 e. The van der Waals surface area contributed by atoms with Gasteiger partial charge in [-0.25, -0.2) is 22.0 Å². The fourth-order valence-corrected chi connectivity index (χ4v) is 6.37. The number of aryl methyl sites for hydroxylation is 1. The third-order valence-corrected chi connectivity index (χ3v) is 9.03. The first-order valence-corrected chi connectivity index (χ1v) is 15.9. The molecule has 0 aromatic heterocycles. The van der Waals surface area contributed by atoms with Crippen molar-refractivity contribution in [2.45, 2.75) is 83.2 Å². The van der Waals surface area contributed by atoms with Crippen LogP contribution in [0.4, 0.5) is 30.7 Å². The van der Waals surface area contributed by atoms with Crippen LogP contribution in [0.3, 0.4) is 0 Å². The van der Waals surface area contributed by atoms with Crippen LogP contribution in [0, 0.1) is 35.0 Å². The molecule has 0 bridgehead atoms. The highest BCUT2D eigenvalue weighted by atomic mass is 19.3. The van der Waals surface area contributed by atoms with E-state index < -0.39 is 48.0 Å². The van der Waals surface area contributed by atoms with E-state index in [1.54, 1.807) is 12.1 Å². The first-order chi connectivity index (χ1) is 22.0. The Labute approximate surface area is 265 Å². The molecule has 4 aromatic carbocycles. The first-order valence-electron chi connectivity index (χ1n) is 15.9. The van der Waals surface area contributed by atoms with E-state index in [1.165, 1.54) is 74.2 Å². The van der Waals surface area contributed by atoms with Gasteiger partial charge in [0.2, 0.25) is 0 Å². The maximum absolute atomic E-state index is 15.1. The van der Waals surface area contributed by atoms with Crippen LogP contribution in [0.2, 0.25) is 0 Å². The molecule has 0 radical (unpaired) electrons. The second kappa shape index (κ2) is 14.7. The minimum atomic E-state index is -3.66. The van der Waals surface area contributed by atoms with E-state index in [0.29, 0.717) is 22.6 Å². The van der Waals surface area contributed by atoms with Gasteiger partial charge < -0.3 is 4.74 Å². The standard InChI is InChI=1S/C38H37F7O/c1-2-3-4-5-24-6-8-26(9-7-24)32-18-12-27(36(42)37(32)43)20-21-38(44,45)46-30-15-10-25(11-16-30)28-13-17-31(34(40)22-28)29-14-19-33(39)35(41)23-29/h10-19,22-24,26H,2-9,20-21H2,1H3. The molecular weight excluding hydrogens is 605 g/mol. The predicted molar refractivity (Wildman–Crippen MR) is 166 cm³/mol. The van der Waals surface area contributed by atoms with Gasteiger partial charge in [0.15, 0.2) is 23.3 Å². The number of alkyl halides is 2. The maximum atomic E-state index is 15.1. The van der Waals surface area contributed by atoms with Gasteiger partial charge in [-0.3, -0.25) is 0 Å². The fourth-order valence-electron chi connectivity index (χ4n) is 6.37. The van der Waals surface area contributed by atoms with Gasteiger partial charge in [0, 0.05) is 5.56 Å². The van der Waals surface area contributed by atoms with Gasteiger partial charge in [0.05, 0.1) is 6.42 Å². The average Bonchev–Trinajstić information content (AvgIpc) is 3.04. The summed E-state index contributed by atoms with van der Waals surface area (Å²) in [4.78, 5) is 0. The average molecular weight is 643 g/mol. The third kappa shape index (κ3) is 8.12. The summed E-state index contributed by atoms with van der Waals surface area (Å²) in [5, 5.41) is 0. The van der Waals surface area contributed by atoms with Crippen LogP contribution in [-0.2, 0) is 6.42 Å². The van der Waals surface area contributed by atoms with E-state index in [2.05, 4.69) is 6.92 Å². The number of hydrogen-bond acceptors (Lipinski definition) is 1. The molecule has 0 saturated heterocycles. The van der Waals surface area contributed by atoms with Crippen LogP contribution in [0.5, 0.6) is 5.75 Å². The zero-order chi connectivity index (χ0) is 32.8. The summed E-state index contributed by atoms with van der Waals surface area (Å²) in [6, 6.07) is 15.8. The van der Waals surface area contributed by atoms with Crippen LogP contribution in [-0.4, -0.2) is 6.11 Å². The van der Waals surface area contributed by atoms with Crippen molar-refractivity contribution in [3.05, 3.63) is 113 Å². The lowest BCUT2D eigenvalue weighted by Crippen LogP contribution is -2.25. The Bertz CT molecular complexity index is 1630. The van der Waals surface area contributed by atoms with Gasteiger partial charge in [-0.15, -0.1) is 0 Å². The van der Waals surface area contributed by atoms with E-state index in [9.17, 15) is 26.3 Å². The second-order valence-electron chi connectivity index (χ2n) is 12.2. The summed E-state index contributed by atoms with van der Waals surface area (Å²) in [5.74, 6) is -4.41. The third-order valence-electron chi connectivity index (χ3n) is 9.03. The summed E-state index contributed by atoms with van der Waals surface area (Å²) < 4.78 is 106. The molecule has 0 heterocycles. The Balaban J connectivity index is 1.17. The van der Waals surface area contributed by atoms with Crippen molar-refractivity contribution in [1.29, 1.82) is 0 Å². The Hall–Kier alpha value is -3.81. The van der Waals surface area contributed by atoms with E-state index >= 15 is 4.39 Å². The molecule has 0 spiro atoms. The van der Waals surface area contributed by atoms with Crippen molar-refractivity contribution < 1.29 is 35.5 Å². The summed E-state index contributed by atoms with van der Waals surface area (Å²) in [5.41, 5.74) is 1.39. The summed E-state index contributed by atoms with van der Waals surface area (Å²) >= 11 is 0. The van der Waals surface area contributed by atoms with Crippen molar-refractivity contribution in [1.82, 2.24) is 0 Å². The lowest BCUT2D eigenvalue weighted by atomic mass is 9.76. The molecule has 0 amide bonds. The Morgan fingerprint density at radius 1 is 0.674 bits per heavy atom. The lowest BCUT2D eigenvalue weighted by Gasteiger charge is -2.29. The molecule has 1 nitrogen and oxygen atoms in total. The molecule has 0 N–H and O–H groups in total. The van der Waals surface area contributed by atoms with Crippen LogP contribution in [0.1, 0.15) is 81.8 Å². The smallest absolute Gasteiger partial charge is 0.398 e. The van der Waals surface area contributed by atoms with Crippen molar-refractivity contribution in [2.24, 2.45) is 5.92 Å². The molecule has 4 aromatic rings. The predicted octanol–water partition coefficient (Wildman–Crippen LogP) is 12.2. The highest BCUT2D eigenvalue weighted by molar-refractivity contribution is 5.71. The van der Waals surface area contributed by atoms with Gasteiger partial charge in [0.25, 0.3) is 0 Å². The number of benzene rings is 4. The maximum Gasteiger partial charge on any atom is 0.398 e. The molecular formula is C38H37F7O. The molecule has 0 unspecified atom stereocenters. The molecule has 8 heteroatoms. The highest BCUT2D eigenvalue weighted by Crippen LogP contribution is 2.40. The van der Waals surface area contributed by atoms with Crippen LogP contribution < -0.4 is 4.74 Å². The van der Waals surface area contributed by atoms with Gasteiger partial charge >= 0.3 is 6.11 Å². The second-order valence-corrected chi connectivity index (χ2v) is 12.2. The normalized spacial score (nSPS) is 16.9. The van der Waals surface area contributed by atoms with Crippen LogP contribution >= 0.6 is 0 Å². The quantitative estimate of drug-likeness (QED) is 0.110. The zero-order valence-electron chi connectivity index (χ0n) is 25.7.